The van der Waals surface area contributed by atoms with E-state index in [-0.39, 0.29) is 4.90 Å². The van der Waals surface area contributed by atoms with E-state index in [1.54, 1.807) is 30.3 Å². The fraction of sp³-hybridized carbons (Fsp3) is 0.118. The molecule has 5 heteroatoms. The molecule has 2 aromatic rings. The summed E-state index contributed by atoms with van der Waals surface area (Å²) in [4.78, 5) is 0.227. The van der Waals surface area contributed by atoms with E-state index in [2.05, 4.69) is 5.10 Å². The van der Waals surface area contributed by atoms with Crippen LogP contribution in [0, 0.1) is 6.92 Å². The first kappa shape index (κ1) is 16.0. The van der Waals surface area contributed by atoms with Crippen molar-refractivity contribution in [1.29, 1.82) is 0 Å². The minimum atomic E-state index is -3.60. The smallest absolute Gasteiger partial charge is 0.200 e. The van der Waals surface area contributed by atoms with Crippen LogP contribution in [0.25, 0.3) is 6.08 Å². The largest absolute Gasteiger partial charge is 0.278 e. The second-order valence-corrected chi connectivity index (χ2v) is 6.74. The second kappa shape index (κ2) is 7.04. The van der Waals surface area contributed by atoms with E-state index in [0.29, 0.717) is 0 Å². The summed E-state index contributed by atoms with van der Waals surface area (Å²) in [6.45, 7) is 1.91. The quantitative estimate of drug-likeness (QED) is 0.628. The van der Waals surface area contributed by atoms with E-state index in [1.807, 2.05) is 43.3 Å². The molecule has 22 heavy (non-hydrogen) atoms. The fourth-order valence-corrected chi connectivity index (χ4v) is 2.74. The number of nitrogens with zero attached hydrogens (tertiary/aromatic N) is 2. The van der Waals surface area contributed by atoms with Crippen molar-refractivity contribution in [3.05, 3.63) is 71.8 Å². The van der Waals surface area contributed by atoms with E-state index in [4.69, 9.17) is 0 Å². The Hall–Kier alpha value is -2.40. The Morgan fingerprint density at radius 3 is 2.27 bits per heavy atom. The molecule has 0 aliphatic carbocycles. The van der Waals surface area contributed by atoms with Crippen LogP contribution in [0.5, 0.6) is 0 Å². The van der Waals surface area contributed by atoms with Gasteiger partial charge in [0, 0.05) is 13.3 Å². The lowest BCUT2D eigenvalue weighted by atomic mass is 10.2. The molecule has 0 heterocycles. The number of hydrogen-bond acceptors (Lipinski definition) is 3. The highest BCUT2D eigenvalue weighted by Gasteiger charge is 2.18. The first-order valence-corrected chi connectivity index (χ1v) is 8.25. The number of aryl methyl sites for hydroxylation is 1. The molecule has 2 aromatic carbocycles. The van der Waals surface area contributed by atoms with Gasteiger partial charge >= 0.3 is 0 Å². The van der Waals surface area contributed by atoms with Gasteiger partial charge in [-0.2, -0.15) is 17.9 Å². The van der Waals surface area contributed by atoms with E-state index in [1.165, 1.54) is 13.3 Å². The normalized spacial score (nSPS) is 12.1. The summed E-state index contributed by atoms with van der Waals surface area (Å²) in [5.41, 5.74) is 2.04. The first-order valence-electron chi connectivity index (χ1n) is 6.81. The van der Waals surface area contributed by atoms with Crippen LogP contribution in [-0.4, -0.2) is 26.1 Å². The molecule has 0 saturated heterocycles. The van der Waals surface area contributed by atoms with Crippen molar-refractivity contribution in [3.8, 4) is 0 Å². The highest BCUT2D eigenvalue weighted by atomic mass is 32.2. The molecule has 0 unspecified atom stereocenters. The van der Waals surface area contributed by atoms with E-state index >= 15 is 0 Å². The maximum absolute atomic E-state index is 12.3. The second-order valence-electron chi connectivity index (χ2n) is 4.79. The van der Waals surface area contributed by atoms with Crippen molar-refractivity contribution in [2.45, 2.75) is 11.8 Å². The van der Waals surface area contributed by atoms with Crippen molar-refractivity contribution in [1.82, 2.24) is 4.41 Å². The number of rotatable bonds is 5. The lowest BCUT2D eigenvalue weighted by molar-refractivity contribution is 0.491. The van der Waals surface area contributed by atoms with Crippen molar-refractivity contribution in [2.24, 2.45) is 5.10 Å². The molecule has 0 bridgehead atoms. The number of benzene rings is 2. The van der Waals surface area contributed by atoms with Crippen LogP contribution in [0.2, 0.25) is 0 Å². The van der Waals surface area contributed by atoms with Crippen LogP contribution in [0.3, 0.4) is 0 Å². The Labute approximate surface area is 131 Å². The van der Waals surface area contributed by atoms with Gasteiger partial charge in [0.25, 0.3) is 10.0 Å². The third-order valence-electron chi connectivity index (χ3n) is 3.07. The van der Waals surface area contributed by atoms with Gasteiger partial charge < -0.3 is 0 Å². The summed E-state index contributed by atoms with van der Waals surface area (Å²) >= 11 is 0. The average molecular weight is 314 g/mol. The molecule has 0 N–H and O–H groups in total. The lowest BCUT2D eigenvalue weighted by Gasteiger charge is -2.13. The summed E-state index contributed by atoms with van der Waals surface area (Å²) in [6, 6.07) is 16.4. The molecule has 0 saturated carbocycles. The minimum Gasteiger partial charge on any atom is -0.200 e. The number of allylic oxidation sites excluding steroid dienone is 1. The maximum Gasteiger partial charge on any atom is 0.278 e. The summed E-state index contributed by atoms with van der Waals surface area (Å²) in [5.74, 6) is 0. The van der Waals surface area contributed by atoms with Gasteiger partial charge in [-0.3, -0.25) is 0 Å². The van der Waals surface area contributed by atoms with Gasteiger partial charge in [-0.25, -0.2) is 0 Å². The van der Waals surface area contributed by atoms with Crippen LogP contribution in [0.1, 0.15) is 11.1 Å². The average Bonchev–Trinajstić information content (AvgIpc) is 2.52. The van der Waals surface area contributed by atoms with Gasteiger partial charge in [0.1, 0.15) is 0 Å². The summed E-state index contributed by atoms with van der Waals surface area (Å²) in [7, 11) is -2.18. The molecule has 0 spiro atoms. The first-order chi connectivity index (χ1) is 10.5. The summed E-state index contributed by atoms with van der Waals surface area (Å²) in [5, 5.41) is 3.94. The zero-order valence-electron chi connectivity index (χ0n) is 12.5. The zero-order valence-corrected chi connectivity index (χ0v) is 13.4. The number of hydrazone groups is 1. The number of sulfonamides is 1. The van der Waals surface area contributed by atoms with E-state index < -0.39 is 10.0 Å². The standard InChI is InChI=1S/C17H18N2O2S/c1-15-10-12-17(13-11-15)22(20,21)19(2)18-14-6-9-16-7-4-3-5-8-16/h3-14H,1-2H3/b9-6+,18-14?. The molecule has 0 radical (unpaired) electrons. The molecule has 4 nitrogen and oxygen atoms in total. The van der Waals surface area contributed by atoms with Crippen LogP contribution in [-0.2, 0) is 10.0 Å². The molecule has 0 atom stereocenters. The third kappa shape index (κ3) is 4.05. The van der Waals surface area contributed by atoms with E-state index in [0.717, 1.165) is 15.5 Å². The third-order valence-corrected chi connectivity index (χ3v) is 4.73. The van der Waals surface area contributed by atoms with Crippen molar-refractivity contribution >= 4 is 22.3 Å². The van der Waals surface area contributed by atoms with Crippen molar-refractivity contribution in [3.63, 3.8) is 0 Å². The Morgan fingerprint density at radius 2 is 1.64 bits per heavy atom. The highest BCUT2D eigenvalue weighted by molar-refractivity contribution is 7.89. The Bertz CT molecular complexity index is 764. The molecule has 0 aromatic heterocycles. The van der Waals surface area contributed by atoms with Gasteiger partial charge in [0.15, 0.2) is 0 Å². The van der Waals surface area contributed by atoms with Crippen LogP contribution in [0.4, 0.5) is 0 Å². The van der Waals surface area contributed by atoms with E-state index in [9.17, 15) is 8.42 Å². The Kier molecular flexibility index (Phi) is 5.12. The molecule has 2 rings (SSSR count). The van der Waals surface area contributed by atoms with Crippen LogP contribution >= 0.6 is 0 Å². The van der Waals surface area contributed by atoms with Gasteiger partial charge in [0.2, 0.25) is 0 Å². The lowest BCUT2D eigenvalue weighted by Crippen LogP contribution is -2.21. The monoisotopic (exact) mass is 314 g/mol. The van der Waals surface area contributed by atoms with Gasteiger partial charge in [-0.05, 0) is 30.7 Å². The zero-order chi connectivity index (χ0) is 16.0. The molecule has 0 fully saturated rings. The summed E-state index contributed by atoms with van der Waals surface area (Å²) < 4.78 is 25.6. The maximum atomic E-state index is 12.3. The predicted molar refractivity (Wildman–Crippen MR) is 90.1 cm³/mol. The molecular weight excluding hydrogens is 296 g/mol. The minimum absolute atomic E-state index is 0.227. The SMILES string of the molecule is Cc1ccc(S(=O)(=O)N(C)N=C/C=C/c2ccccc2)cc1. The summed E-state index contributed by atoms with van der Waals surface area (Å²) in [6.07, 6.45) is 5.02. The predicted octanol–water partition coefficient (Wildman–Crippen LogP) is 3.31. The van der Waals surface area contributed by atoms with Crippen LogP contribution in [0.15, 0.2) is 70.7 Å². The molecule has 0 amide bonds. The molecule has 114 valence electrons. The van der Waals surface area contributed by atoms with Crippen molar-refractivity contribution in [2.75, 3.05) is 7.05 Å². The van der Waals surface area contributed by atoms with Crippen LogP contribution < -0.4 is 0 Å². The molecule has 0 aliphatic heterocycles. The number of hydrogen-bond donors (Lipinski definition) is 0. The van der Waals surface area contributed by atoms with Gasteiger partial charge in [-0.1, -0.05) is 54.1 Å². The van der Waals surface area contributed by atoms with Gasteiger partial charge in [-0.15, -0.1) is 0 Å². The van der Waals surface area contributed by atoms with Gasteiger partial charge in [0.05, 0.1) is 4.90 Å². The Morgan fingerprint density at radius 1 is 1.00 bits per heavy atom. The fourth-order valence-electron chi connectivity index (χ4n) is 1.78. The van der Waals surface area contributed by atoms with Crippen molar-refractivity contribution < 1.29 is 8.42 Å². The molecule has 0 aliphatic rings. The topological polar surface area (TPSA) is 49.7 Å². The molecular formula is C17H18N2O2S. The Balaban J connectivity index is 2.07. The highest BCUT2D eigenvalue weighted by Crippen LogP contribution is 2.14.